The molecular weight excluding hydrogens is 208 g/mol. The molecule has 0 aliphatic heterocycles. The van der Waals surface area contributed by atoms with Gasteiger partial charge in [0.25, 0.3) is 0 Å². The predicted octanol–water partition coefficient (Wildman–Crippen LogP) is 5.50. The number of ether oxygens (including phenoxy) is 1. The van der Waals surface area contributed by atoms with Gasteiger partial charge in [-0.05, 0) is 13.3 Å². The molecule has 0 saturated carbocycles. The van der Waals surface area contributed by atoms with Crippen molar-refractivity contribution in [3.63, 3.8) is 0 Å². The van der Waals surface area contributed by atoms with Gasteiger partial charge in [0.15, 0.2) is 0 Å². The van der Waals surface area contributed by atoms with E-state index in [9.17, 15) is 0 Å². The van der Waals surface area contributed by atoms with E-state index in [0.717, 1.165) is 13.2 Å². The van der Waals surface area contributed by atoms with Crippen LogP contribution in [0.4, 0.5) is 0 Å². The minimum atomic E-state index is 0.786. The lowest BCUT2D eigenvalue weighted by atomic mass is 10.1. The molecule has 0 fully saturated rings. The highest BCUT2D eigenvalue weighted by molar-refractivity contribution is 4.75. The molecule has 0 spiro atoms. The predicted molar refractivity (Wildman–Crippen MR) is 77.5 cm³/mol. The summed E-state index contributed by atoms with van der Waals surface area (Å²) in [5.74, 6) is 0. The van der Waals surface area contributed by atoms with Gasteiger partial charge in [0, 0.05) is 6.61 Å². The Morgan fingerprint density at radius 1 is 0.765 bits per heavy atom. The second-order valence-corrected chi connectivity index (χ2v) is 4.83. The van der Waals surface area contributed by atoms with Gasteiger partial charge in [-0.3, -0.25) is 0 Å². The zero-order chi connectivity index (χ0) is 12.6. The third kappa shape index (κ3) is 15.7. The van der Waals surface area contributed by atoms with Crippen LogP contribution in [0.2, 0.25) is 0 Å². The Hall–Kier alpha value is -0.300. The summed E-state index contributed by atoms with van der Waals surface area (Å²) in [5.41, 5.74) is 0. The average molecular weight is 240 g/mol. The van der Waals surface area contributed by atoms with Gasteiger partial charge < -0.3 is 4.74 Å². The highest BCUT2D eigenvalue weighted by Gasteiger charge is 1.92. The second-order valence-electron chi connectivity index (χ2n) is 4.83. The van der Waals surface area contributed by atoms with E-state index in [0.29, 0.717) is 0 Å². The van der Waals surface area contributed by atoms with Crippen molar-refractivity contribution < 1.29 is 4.74 Å². The fourth-order valence-corrected chi connectivity index (χ4v) is 1.94. The maximum absolute atomic E-state index is 5.46. The number of hydrogen-bond donors (Lipinski definition) is 0. The van der Waals surface area contributed by atoms with Crippen LogP contribution in [0.25, 0.3) is 0 Å². The molecule has 0 N–H and O–H groups in total. The van der Waals surface area contributed by atoms with E-state index in [1.807, 2.05) is 13.0 Å². The first-order valence-electron chi connectivity index (χ1n) is 7.60. The molecule has 0 aromatic heterocycles. The molecule has 0 amide bonds. The largest absolute Gasteiger partial charge is 0.377 e. The maximum Gasteiger partial charge on any atom is 0.0647 e. The average Bonchev–Trinajstić information content (AvgIpc) is 2.35. The van der Waals surface area contributed by atoms with Crippen LogP contribution >= 0.6 is 0 Å². The van der Waals surface area contributed by atoms with Crippen molar-refractivity contribution in [1.82, 2.24) is 0 Å². The van der Waals surface area contributed by atoms with Gasteiger partial charge in [0.05, 0.1) is 6.61 Å². The van der Waals surface area contributed by atoms with Crippen LogP contribution in [0.5, 0.6) is 0 Å². The van der Waals surface area contributed by atoms with E-state index in [-0.39, 0.29) is 0 Å². The van der Waals surface area contributed by atoms with Crippen molar-refractivity contribution in [1.29, 1.82) is 0 Å². The first-order valence-corrected chi connectivity index (χ1v) is 7.60. The Labute approximate surface area is 109 Å². The minimum Gasteiger partial charge on any atom is -0.377 e. The highest BCUT2D eigenvalue weighted by Crippen LogP contribution is 2.10. The fraction of sp³-hybridized carbons (Fsp3) is 0.875. The molecule has 0 unspecified atom stereocenters. The van der Waals surface area contributed by atoms with E-state index in [1.165, 1.54) is 64.2 Å². The van der Waals surface area contributed by atoms with Crippen LogP contribution in [0.1, 0.15) is 78.1 Å². The quantitative estimate of drug-likeness (QED) is 0.305. The Kier molecular flexibility index (Phi) is 15.4. The van der Waals surface area contributed by atoms with Crippen LogP contribution in [-0.2, 0) is 4.74 Å². The van der Waals surface area contributed by atoms with Crippen LogP contribution < -0.4 is 0 Å². The van der Waals surface area contributed by atoms with Crippen molar-refractivity contribution in [3.05, 3.63) is 12.2 Å². The lowest BCUT2D eigenvalue weighted by Gasteiger charge is -2.02. The molecular formula is C16H32O. The Balaban J connectivity index is 2.89. The Bertz CT molecular complexity index is 152. The molecule has 0 radical (unpaired) electrons. The van der Waals surface area contributed by atoms with E-state index in [2.05, 4.69) is 13.0 Å². The second kappa shape index (κ2) is 15.7. The summed E-state index contributed by atoms with van der Waals surface area (Å²) in [7, 11) is 0. The molecule has 17 heavy (non-hydrogen) atoms. The summed E-state index contributed by atoms with van der Waals surface area (Å²) >= 11 is 0. The number of hydrogen-bond acceptors (Lipinski definition) is 1. The number of allylic oxidation sites excluding steroid dienone is 1. The molecule has 0 heterocycles. The lowest BCUT2D eigenvalue weighted by molar-refractivity contribution is 0.157. The summed E-state index contributed by atoms with van der Waals surface area (Å²) in [6.45, 7) is 6.02. The number of rotatable bonds is 13. The zero-order valence-corrected chi connectivity index (χ0v) is 12.0. The molecule has 1 heteroatoms. The van der Waals surface area contributed by atoms with Crippen molar-refractivity contribution in [2.24, 2.45) is 0 Å². The van der Waals surface area contributed by atoms with E-state index in [1.54, 1.807) is 0 Å². The molecule has 0 aliphatic rings. The van der Waals surface area contributed by atoms with Crippen LogP contribution in [-0.4, -0.2) is 13.2 Å². The summed E-state index contributed by atoms with van der Waals surface area (Å²) in [5, 5.41) is 0. The van der Waals surface area contributed by atoms with Crippen molar-refractivity contribution in [2.75, 3.05) is 13.2 Å². The minimum absolute atomic E-state index is 0.786. The van der Waals surface area contributed by atoms with Gasteiger partial charge in [0.1, 0.15) is 0 Å². The summed E-state index contributed by atoms with van der Waals surface area (Å²) < 4.78 is 5.46. The van der Waals surface area contributed by atoms with Crippen LogP contribution in [0.15, 0.2) is 12.2 Å². The van der Waals surface area contributed by atoms with Gasteiger partial charge in [0.2, 0.25) is 0 Å². The summed E-state index contributed by atoms with van der Waals surface area (Å²) in [6.07, 6.45) is 18.0. The monoisotopic (exact) mass is 240 g/mol. The first kappa shape index (κ1) is 16.7. The molecule has 0 aromatic carbocycles. The van der Waals surface area contributed by atoms with E-state index >= 15 is 0 Å². The van der Waals surface area contributed by atoms with Gasteiger partial charge in [-0.1, -0.05) is 76.9 Å². The molecule has 0 aromatic rings. The van der Waals surface area contributed by atoms with Gasteiger partial charge >= 0.3 is 0 Å². The molecule has 0 saturated heterocycles. The molecule has 102 valence electrons. The van der Waals surface area contributed by atoms with Crippen molar-refractivity contribution in [2.45, 2.75) is 78.1 Å². The van der Waals surface area contributed by atoms with Crippen molar-refractivity contribution >= 4 is 0 Å². The smallest absolute Gasteiger partial charge is 0.0647 e. The molecule has 0 bridgehead atoms. The Morgan fingerprint density at radius 2 is 1.29 bits per heavy atom. The molecule has 1 nitrogen and oxygen atoms in total. The number of unbranched alkanes of at least 4 members (excludes halogenated alkanes) is 9. The van der Waals surface area contributed by atoms with Crippen LogP contribution in [0, 0.1) is 0 Å². The zero-order valence-electron chi connectivity index (χ0n) is 12.0. The highest BCUT2D eigenvalue weighted by atomic mass is 16.5. The van der Waals surface area contributed by atoms with E-state index < -0.39 is 0 Å². The maximum atomic E-state index is 5.46. The normalized spacial score (nSPS) is 11.4. The third-order valence-electron chi connectivity index (χ3n) is 3.09. The first-order chi connectivity index (χ1) is 8.41. The summed E-state index contributed by atoms with van der Waals surface area (Å²) in [4.78, 5) is 0. The lowest BCUT2D eigenvalue weighted by Crippen LogP contribution is -1.94. The standard InChI is InChI=1S/C16H32O/c1-3-5-7-8-9-10-11-12-13-14-16-17-15-6-4-2/h4,6H,3,5,7-16H2,1-2H3/b6-4+. The summed E-state index contributed by atoms with van der Waals surface area (Å²) in [6, 6.07) is 0. The van der Waals surface area contributed by atoms with E-state index in [4.69, 9.17) is 4.74 Å². The Morgan fingerprint density at radius 3 is 1.82 bits per heavy atom. The van der Waals surface area contributed by atoms with Gasteiger partial charge in [-0.25, -0.2) is 0 Å². The van der Waals surface area contributed by atoms with Gasteiger partial charge in [-0.15, -0.1) is 0 Å². The fourth-order valence-electron chi connectivity index (χ4n) is 1.94. The third-order valence-corrected chi connectivity index (χ3v) is 3.09. The van der Waals surface area contributed by atoms with Crippen LogP contribution in [0.3, 0.4) is 0 Å². The van der Waals surface area contributed by atoms with Gasteiger partial charge in [-0.2, -0.15) is 0 Å². The SMILES string of the molecule is C/C=C/COCCCCCCCCCCCC. The molecule has 0 rings (SSSR count). The van der Waals surface area contributed by atoms with Crippen molar-refractivity contribution in [3.8, 4) is 0 Å². The topological polar surface area (TPSA) is 9.23 Å². The molecule has 0 aliphatic carbocycles. The molecule has 0 atom stereocenters.